The number of aromatic nitrogens is 1. The summed E-state index contributed by atoms with van der Waals surface area (Å²) >= 11 is 0. The lowest BCUT2D eigenvalue weighted by Crippen LogP contribution is -2.41. The van der Waals surface area contributed by atoms with Crippen LogP contribution in [0.4, 0.5) is 0 Å². The van der Waals surface area contributed by atoms with Gasteiger partial charge in [-0.2, -0.15) is 4.31 Å². The van der Waals surface area contributed by atoms with Gasteiger partial charge in [0.05, 0.1) is 17.1 Å². The monoisotopic (exact) mass is 373 g/mol. The van der Waals surface area contributed by atoms with Crippen molar-refractivity contribution in [3.8, 4) is 0 Å². The minimum atomic E-state index is -3.52. The Morgan fingerprint density at radius 2 is 1.96 bits per heavy atom. The number of hydrogen-bond donors (Lipinski definition) is 1. The molecule has 1 fully saturated rings. The fraction of sp³-hybridized carbons (Fsp3) is 0.368. The average molecular weight is 373 g/mol. The summed E-state index contributed by atoms with van der Waals surface area (Å²) in [7, 11) is -3.52. The third kappa shape index (κ3) is 4.11. The van der Waals surface area contributed by atoms with E-state index in [9.17, 15) is 13.2 Å². The van der Waals surface area contributed by atoms with E-state index in [2.05, 4.69) is 10.3 Å². The highest BCUT2D eigenvalue weighted by Crippen LogP contribution is 2.25. The number of piperidine rings is 1. The van der Waals surface area contributed by atoms with Crippen LogP contribution in [0.15, 0.2) is 53.6 Å². The van der Waals surface area contributed by atoms with E-state index in [1.807, 2.05) is 25.1 Å². The first kappa shape index (κ1) is 18.5. The smallest absolute Gasteiger partial charge is 0.251 e. The van der Waals surface area contributed by atoms with E-state index in [1.165, 1.54) is 12.1 Å². The Bertz CT molecular complexity index is 851. The highest BCUT2D eigenvalue weighted by Gasteiger charge is 2.30. The zero-order valence-corrected chi connectivity index (χ0v) is 15.6. The topological polar surface area (TPSA) is 79.4 Å². The summed E-state index contributed by atoms with van der Waals surface area (Å²) in [5.41, 5.74) is 1.19. The van der Waals surface area contributed by atoms with Crippen molar-refractivity contribution >= 4 is 15.9 Å². The lowest BCUT2D eigenvalue weighted by Gasteiger charge is -2.32. The molecule has 0 saturated carbocycles. The fourth-order valence-corrected chi connectivity index (χ4v) is 4.82. The highest BCUT2D eigenvalue weighted by molar-refractivity contribution is 7.89. The summed E-state index contributed by atoms with van der Waals surface area (Å²) in [6, 6.07) is 11.6. The Morgan fingerprint density at radius 1 is 1.19 bits per heavy atom. The second-order valence-electron chi connectivity index (χ2n) is 6.49. The normalized spacial score (nSPS) is 18.4. The summed E-state index contributed by atoms with van der Waals surface area (Å²) in [5.74, 6) is -0.258. The molecule has 2 aromatic rings. The van der Waals surface area contributed by atoms with Crippen LogP contribution in [0.3, 0.4) is 0 Å². The molecule has 1 aromatic carbocycles. The fourth-order valence-electron chi connectivity index (χ4n) is 3.12. The SMILES string of the molecule is CC1CCCCN1S(=O)(=O)c1ccc(C(=O)NCc2ccccn2)cc1. The minimum absolute atomic E-state index is 0.00935. The van der Waals surface area contributed by atoms with Gasteiger partial charge < -0.3 is 5.32 Å². The first-order valence-electron chi connectivity index (χ1n) is 8.78. The molecule has 1 unspecified atom stereocenters. The number of carbonyl (C=O) groups is 1. The molecule has 1 aliphatic rings. The molecule has 1 atom stereocenters. The Kier molecular flexibility index (Phi) is 5.68. The largest absolute Gasteiger partial charge is 0.346 e. The third-order valence-corrected chi connectivity index (χ3v) is 6.65. The van der Waals surface area contributed by atoms with Gasteiger partial charge in [0.15, 0.2) is 0 Å². The van der Waals surface area contributed by atoms with Gasteiger partial charge in [0, 0.05) is 24.3 Å². The van der Waals surface area contributed by atoms with Crippen LogP contribution in [0.25, 0.3) is 0 Å². The van der Waals surface area contributed by atoms with Crippen LogP contribution in [-0.2, 0) is 16.6 Å². The number of nitrogens with one attached hydrogen (secondary N) is 1. The Balaban J connectivity index is 1.68. The predicted molar refractivity (Wildman–Crippen MR) is 99.1 cm³/mol. The molecule has 7 heteroatoms. The number of pyridine rings is 1. The number of hydrogen-bond acceptors (Lipinski definition) is 4. The number of benzene rings is 1. The van der Waals surface area contributed by atoms with E-state index in [1.54, 1.807) is 22.6 Å². The van der Waals surface area contributed by atoms with E-state index in [0.29, 0.717) is 18.7 Å². The van der Waals surface area contributed by atoms with Gasteiger partial charge in [0.2, 0.25) is 10.0 Å². The molecule has 2 heterocycles. The summed E-state index contributed by atoms with van der Waals surface area (Å²) in [6.45, 7) is 2.82. The lowest BCUT2D eigenvalue weighted by molar-refractivity contribution is 0.0950. The molecule has 138 valence electrons. The van der Waals surface area contributed by atoms with Crippen molar-refractivity contribution in [2.75, 3.05) is 6.54 Å². The number of rotatable bonds is 5. The number of sulfonamides is 1. The average Bonchev–Trinajstić information content (AvgIpc) is 2.67. The maximum absolute atomic E-state index is 12.8. The Labute approximate surface area is 154 Å². The molecule has 26 heavy (non-hydrogen) atoms. The molecule has 0 radical (unpaired) electrons. The van der Waals surface area contributed by atoms with Crippen LogP contribution in [-0.4, -0.2) is 36.2 Å². The van der Waals surface area contributed by atoms with Crippen molar-refractivity contribution in [2.24, 2.45) is 0 Å². The van der Waals surface area contributed by atoms with E-state index in [4.69, 9.17) is 0 Å². The quantitative estimate of drug-likeness (QED) is 0.874. The predicted octanol–water partition coefficient (Wildman–Crippen LogP) is 2.57. The van der Waals surface area contributed by atoms with Crippen LogP contribution >= 0.6 is 0 Å². The Morgan fingerprint density at radius 3 is 2.62 bits per heavy atom. The summed E-state index contributed by atoms with van der Waals surface area (Å²) in [5, 5.41) is 2.78. The van der Waals surface area contributed by atoms with Crippen molar-refractivity contribution in [1.29, 1.82) is 0 Å². The van der Waals surface area contributed by atoms with E-state index in [0.717, 1.165) is 25.0 Å². The van der Waals surface area contributed by atoms with Gasteiger partial charge in [-0.05, 0) is 56.2 Å². The van der Waals surface area contributed by atoms with Crippen LogP contribution in [0.1, 0.15) is 42.2 Å². The van der Waals surface area contributed by atoms with Gasteiger partial charge in [-0.1, -0.05) is 12.5 Å². The van der Waals surface area contributed by atoms with Crippen molar-refractivity contribution in [3.63, 3.8) is 0 Å². The summed E-state index contributed by atoms with van der Waals surface area (Å²) in [6.07, 6.45) is 4.50. The second-order valence-corrected chi connectivity index (χ2v) is 8.38. The van der Waals surface area contributed by atoms with E-state index < -0.39 is 10.0 Å². The molecule has 0 bridgehead atoms. The van der Waals surface area contributed by atoms with Crippen LogP contribution in [0.5, 0.6) is 0 Å². The molecular weight excluding hydrogens is 350 g/mol. The van der Waals surface area contributed by atoms with Gasteiger partial charge >= 0.3 is 0 Å². The van der Waals surface area contributed by atoms with Crippen LogP contribution < -0.4 is 5.32 Å². The van der Waals surface area contributed by atoms with Crippen LogP contribution in [0.2, 0.25) is 0 Å². The van der Waals surface area contributed by atoms with Crippen molar-refractivity contribution in [1.82, 2.24) is 14.6 Å². The number of carbonyl (C=O) groups excluding carboxylic acids is 1. The molecule has 0 aliphatic carbocycles. The van der Waals surface area contributed by atoms with Crippen LogP contribution in [0, 0.1) is 0 Å². The molecule has 1 aromatic heterocycles. The summed E-state index contributed by atoms with van der Waals surface area (Å²) < 4.78 is 27.2. The molecular formula is C19H23N3O3S. The van der Waals surface area contributed by atoms with Gasteiger partial charge in [-0.15, -0.1) is 0 Å². The van der Waals surface area contributed by atoms with E-state index >= 15 is 0 Å². The van der Waals surface area contributed by atoms with Gasteiger partial charge in [-0.3, -0.25) is 9.78 Å². The third-order valence-electron chi connectivity index (χ3n) is 4.62. The van der Waals surface area contributed by atoms with Gasteiger partial charge in [-0.25, -0.2) is 8.42 Å². The zero-order valence-electron chi connectivity index (χ0n) is 14.8. The first-order valence-corrected chi connectivity index (χ1v) is 10.2. The van der Waals surface area contributed by atoms with E-state index in [-0.39, 0.29) is 16.8 Å². The standard InChI is InChI=1S/C19H23N3O3S/c1-15-6-3-5-13-22(15)26(24,25)18-10-8-16(9-11-18)19(23)21-14-17-7-2-4-12-20-17/h2,4,7-12,15H,3,5-6,13-14H2,1H3,(H,21,23). The molecule has 1 amide bonds. The number of nitrogens with zero attached hydrogens (tertiary/aromatic N) is 2. The highest BCUT2D eigenvalue weighted by atomic mass is 32.2. The first-order chi connectivity index (χ1) is 12.5. The Hall–Kier alpha value is -2.25. The molecule has 0 spiro atoms. The van der Waals surface area contributed by atoms with Crippen molar-refractivity contribution in [3.05, 3.63) is 59.9 Å². The lowest BCUT2D eigenvalue weighted by atomic mass is 10.1. The molecule has 1 saturated heterocycles. The van der Waals surface area contributed by atoms with Crippen molar-refractivity contribution < 1.29 is 13.2 Å². The zero-order chi connectivity index (χ0) is 18.6. The molecule has 1 N–H and O–H groups in total. The van der Waals surface area contributed by atoms with Gasteiger partial charge in [0.25, 0.3) is 5.91 Å². The summed E-state index contributed by atoms with van der Waals surface area (Å²) in [4.78, 5) is 16.6. The van der Waals surface area contributed by atoms with Crippen molar-refractivity contribution in [2.45, 2.75) is 43.7 Å². The van der Waals surface area contributed by atoms with Gasteiger partial charge in [0.1, 0.15) is 0 Å². The minimum Gasteiger partial charge on any atom is -0.346 e. The maximum atomic E-state index is 12.8. The molecule has 6 nitrogen and oxygen atoms in total. The molecule has 3 rings (SSSR count). The number of amides is 1. The maximum Gasteiger partial charge on any atom is 0.251 e. The molecule has 1 aliphatic heterocycles. The second kappa shape index (κ2) is 7.97.